The van der Waals surface area contributed by atoms with E-state index in [0.717, 1.165) is 42.8 Å². The fourth-order valence-electron chi connectivity index (χ4n) is 3.11. The molecule has 1 aliphatic heterocycles. The Morgan fingerprint density at radius 3 is 2.88 bits per heavy atom. The number of thiazole rings is 1. The van der Waals surface area contributed by atoms with Gasteiger partial charge in [0, 0.05) is 24.7 Å². The molecule has 2 aromatic heterocycles. The van der Waals surface area contributed by atoms with Crippen LogP contribution < -0.4 is 10.6 Å². The van der Waals surface area contributed by atoms with Gasteiger partial charge in [-0.25, -0.2) is 4.98 Å². The molecule has 0 amide bonds. The zero-order chi connectivity index (χ0) is 17.5. The normalized spacial score (nSPS) is 17.0. The molecule has 0 aliphatic carbocycles. The molecule has 1 atom stereocenters. The molecular formula is C18H27N5OS. The molecule has 25 heavy (non-hydrogen) atoms. The van der Waals surface area contributed by atoms with Crippen molar-refractivity contribution < 1.29 is 4.42 Å². The first-order chi connectivity index (χ1) is 12.3. The largest absolute Gasteiger partial charge is 0.468 e. The monoisotopic (exact) mass is 361 g/mol. The number of nitrogens with one attached hydrogen (secondary N) is 2. The molecule has 6 nitrogen and oxygen atoms in total. The van der Waals surface area contributed by atoms with Crippen LogP contribution in [0.4, 0.5) is 0 Å². The predicted molar refractivity (Wildman–Crippen MR) is 102 cm³/mol. The summed E-state index contributed by atoms with van der Waals surface area (Å²) in [5.74, 6) is 1.81. The quantitative estimate of drug-likeness (QED) is 0.586. The van der Waals surface area contributed by atoms with E-state index in [-0.39, 0.29) is 6.04 Å². The first-order valence-electron chi connectivity index (χ1n) is 8.95. The molecule has 1 fully saturated rings. The van der Waals surface area contributed by atoms with Gasteiger partial charge in [-0.1, -0.05) is 6.92 Å². The molecule has 2 N–H and O–H groups in total. The molecule has 7 heteroatoms. The van der Waals surface area contributed by atoms with Crippen molar-refractivity contribution in [2.45, 2.75) is 38.8 Å². The zero-order valence-corrected chi connectivity index (χ0v) is 15.8. The van der Waals surface area contributed by atoms with E-state index in [0.29, 0.717) is 6.54 Å². The van der Waals surface area contributed by atoms with Gasteiger partial charge in [0.15, 0.2) is 5.96 Å². The number of aryl methyl sites for hydroxylation is 1. The minimum atomic E-state index is 0.239. The number of aliphatic imine (C=N–C) groups is 1. The van der Waals surface area contributed by atoms with Crippen LogP contribution in [0.1, 0.15) is 41.5 Å². The molecule has 0 bridgehead atoms. The highest BCUT2D eigenvalue weighted by Gasteiger charge is 2.25. The van der Waals surface area contributed by atoms with Crippen LogP contribution in [0.2, 0.25) is 0 Å². The van der Waals surface area contributed by atoms with Gasteiger partial charge >= 0.3 is 0 Å². The third-order valence-corrected chi connectivity index (χ3v) is 5.64. The Morgan fingerprint density at radius 1 is 1.40 bits per heavy atom. The summed E-state index contributed by atoms with van der Waals surface area (Å²) in [5.41, 5.74) is 0. The number of nitrogens with zero attached hydrogens (tertiary/aromatic N) is 3. The maximum Gasteiger partial charge on any atom is 0.191 e. The highest BCUT2D eigenvalue weighted by atomic mass is 32.1. The zero-order valence-electron chi connectivity index (χ0n) is 15.0. The number of rotatable bonds is 7. The van der Waals surface area contributed by atoms with E-state index in [9.17, 15) is 0 Å². The number of hydrogen-bond acceptors (Lipinski definition) is 5. The molecule has 2 aromatic rings. The van der Waals surface area contributed by atoms with Crippen LogP contribution in [-0.2, 0) is 13.0 Å². The van der Waals surface area contributed by atoms with Crippen LogP contribution >= 0.6 is 11.3 Å². The lowest BCUT2D eigenvalue weighted by molar-refractivity contribution is 0.215. The fourth-order valence-corrected chi connectivity index (χ4v) is 3.91. The van der Waals surface area contributed by atoms with Gasteiger partial charge in [0.2, 0.25) is 0 Å². The van der Waals surface area contributed by atoms with Gasteiger partial charge in [-0.3, -0.25) is 9.89 Å². The number of guanidine groups is 1. The molecule has 0 saturated carbocycles. The van der Waals surface area contributed by atoms with Gasteiger partial charge in [0.1, 0.15) is 10.8 Å². The summed E-state index contributed by atoms with van der Waals surface area (Å²) in [6.45, 7) is 5.86. The molecule has 0 spiro atoms. The second kappa shape index (κ2) is 9.01. The lowest BCUT2D eigenvalue weighted by Crippen LogP contribution is -2.42. The third-order valence-electron chi connectivity index (χ3n) is 4.50. The average Bonchev–Trinajstić information content (AvgIpc) is 3.40. The molecule has 3 heterocycles. The Bertz CT molecular complexity index is 661. The Labute approximate surface area is 153 Å². The second-order valence-electron chi connectivity index (χ2n) is 6.15. The summed E-state index contributed by atoms with van der Waals surface area (Å²) in [7, 11) is 1.80. The van der Waals surface area contributed by atoms with Crippen LogP contribution in [0, 0.1) is 0 Å². The Balaban J connectivity index is 1.54. The van der Waals surface area contributed by atoms with Crippen LogP contribution in [0.25, 0.3) is 0 Å². The number of likely N-dealkylation sites (tertiary alicyclic amines) is 1. The maximum atomic E-state index is 5.67. The Kier molecular flexibility index (Phi) is 6.47. The van der Waals surface area contributed by atoms with E-state index in [1.165, 1.54) is 17.7 Å². The van der Waals surface area contributed by atoms with Gasteiger partial charge in [-0.2, -0.15) is 0 Å². The van der Waals surface area contributed by atoms with E-state index in [1.807, 2.05) is 12.3 Å². The Morgan fingerprint density at radius 2 is 2.24 bits per heavy atom. The topological polar surface area (TPSA) is 65.7 Å². The lowest BCUT2D eigenvalue weighted by Gasteiger charge is -2.26. The maximum absolute atomic E-state index is 5.67. The highest BCUT2D eigenvalue weighted by Crippen LogP contribution is 2.24. The molecule has 1 saturated heterocycles. The van der Waals surface area contributed by atoms with Crippen molar-refractivity contribution >= 4 is 17.3 Å². The molecule has 0 aromatic carbocycles. The van der Waals surface area contributed by atoms with Crippen LogP contribution in [0.5, 0.6) is 0 Å². The molecule has 1 unspecified atom stereocenters. The summed E-state index contributed by atoms with van der Waals surface area (Å²) in [6, 6.07) is 4.25. The van der Waals surface area contributed by atoms with Crippen LogP contribution in [0.3, 0.4) is 0 Å². The van der Waals surface area contributed by atoms with Gasteiger partial charge in [0.25, 0.3) is 0 Å². The third kappa shape index (κ3) is 4.83. The molecule has 0 radical (unpaired) electrons. The molecule has 3 rings (SSSR count). The summed E-state index contributed by atoms with van der Waals surface area (Å²) >= 11 is 1.75. The molecule has 136 valence electrons. The van der Waals surface area contributed by atoms with Crippen molar-refractivity contribution in [1.29, 1.82) is 0 Å². The van der Waals surface area contributed by atoms with Gasteiger partial charge in [-0.15, -0.1) is 11.3 Å². The van der Waals surface area contributed by atoms with E-state index < -0.39 is 0 Å². The fraction of sp³-hybridized carbons (Fsp3) is 0.556. The first kappa shape index (κ1) is 17.9. The van der Waals surface area contributed by atoms with E-state index >= 15 is 0 Å². The smallest absolute Gasteiger partial charge is 0.191 e. The number of aromatic nitrogens is 1. The van der Waals surface area contributed by atoms with Crippen molar-refractivity contribution in [3.8, 4) is 0 Å². The first-order valence-corrected chi connectivity index (χ1v) is 9.77. The SMILES string of the molecule is CCc1cnc(CNC(=NC)NCC(c2ccco2)N2CCCC2)s1. The molecular weight excluding hydrogens is 334 g/mol. The van der Waals surface area contributed by atoms with Crippen molar-refractivity contribution in [1.82, 2.24) is 20.5 Å². The Hall–Kier alpha value is -1.86. The van der Waals surface area contributed by atoms with E-state index in [2.05, 4.69) is 38.5 Å². The van der Waals surface area contributed by atoms with Gasteiger partial charge < -0.3 is 15.1 Å². The number of hydrogen-bond donors (Lipinski definition) is 2. The molecule has 1 aliphatic rings. The summed E-state index contributed by atoms with van der Waals surface area (Å²) < 4.78 is 5.67. The van der Waals surface area contributed by atoms with Crippen molar-refractivity contribution in [3.63, 3.8) is 0 Å². The van der Waals surface area contributed by atoms with Crippen LogP contribution in [-0.4, -0.2) is 42.5 Å². The van der Waals surface area contributed by atoms with E-state index in [1.54, 1.807) is 24.6 Å². The van der Waals surface area contributed by atoms with Crippen molar-refractivity contribution in [2.24, 2.45) is 4.99 Å². The minimum absolute atomic E-state index is 0.239. The minimum Gasteiger partial charge on any atom is -0.468 e. The van der Waals surface area contributed by atoms with Gasteiger partial charge in [-0.05, 0) is 44.5 Å². The van der Waals surface area contributed by atoms with Crippen molar-refractivity contribution in [3.05, 3.63) is 40.2 Å². The van der Waals surface area contributed by atoms with E-state index in [4.69, 9.17) is 4.42 Å². The highest BCUT2D eigenvalue weighted by molar-refractivity contribution is 7.11. The lowest BCUT2D eigenvalue weighted by atomic mass is 10.2. The van der Waals surface area contributed by atoms with Crippen molar-refractivity contribution in [2.75, 3.05) is 26.7 Å². The predicted octanol–water partition coefficient (Wildman–Crippen LogP) is 2.80. The average molecular weight is 362 g/mol. The summed E-state index contributed by atoms with van der Waals surface area (Å²) in [6.07, 6.45) is 7.25. The van der Waals surface area contributed by atoms with Crippen LogP contribution in [0.15, 0.2) is 34.0 Å². The second-order valence-corrected chi connectivity index (χ2v) is 7.35. The summed E-state index contributed by atoms with van der Waals surface area (Å²) in [4.78, 5) is 12.6. The standard InChI is InChI=1S/C18H27N5OS/c1-3-14-11-20-17(25-14)13-22-18(19-2)21-12-15(16-7-6-10-24-16)23-8-4-5-9-23/h6-7,10-11,15H,3-5,8-9,12-13H2,1-2H3,(H2,19,21,22). The summed E-state index contributed by atoms with van der Waals surface area (Å²) in [5, 5.41) is 7.88. The van der Waals surface area contributed by atoms with Gasteiger partial charge in [0.05, 0.1) is 18.8 Å². The number of furan rings is 1.